The zero-order valence-corrected chi connectivity index (χ0v) is 26.7. The number of unbranched alkanes of at least 4 members (excludes halogenated alkanes) is 2. The van der Waals surface area contributed by atoms with Crippen LogP contribution < -0.4 is 18.9 Å². The van der Waals surface area contributed by atoms with Gasteiger partial charge in [-0.1, -0.05) is 25.3 Å². The smallest absolute Gasteiger partial charge is 0.343 e. The Morgan fingerprint density at radius 1 is 0.609 bits per heavy atom. The predicted octanol–water partition coefficient (Wildman–Crippen LogP) is 7.39. The quantitative estimate of drug-likeness (QED) is 0.0188. The van der Waals surface area contributed by atoms with Gasteiger partial charge in [-0.2, -0.15) is 4.89 Å². The Hall–Kier alpha value is -4.51. The summed E-state index contributed by atoms with van der Waals surface area (Å²) in [6.07, 6.45) is 3.50. The van der Waals surface area contributed by atoms with E-state index in [1.165, 1.54) is 0 Å². The third kappa shape index (κ3) is 14.5. The maximum atomic E-state index is 12.6. The molecule has 3 rings (SSSR count). The molecule has 10 heteroatoms. The zero-order valence-electron chi connectivity index (χ0n) is 26.7. The van der Waals surface area contributed by atoms with Gasteiger partial charge in [0.05, 0.1) is 38.6 Å². The Kier molecular flexibility index (Phi) is 16.6. The number of ether oxygens (including phenoxy) is 7. The van der Waals surface area contributed by atoms with Gasteiger partial charge < -0.3 is 38.0 Å². The second-order valence-corrected chi connectivity index (χ2v) is 10.1. The molecule has 46 heavy (non-hydrogen) atoms. The molecule has 0 saturated carbocycles. The molecule has 0 heterocycles. The van der Waals surface area contributed by atoms with Gasteiger partial charge in [0.1, 0.15) is 34.5 Å². The van der Waals surface area contributed by atoms with Crippen molar-refractivity contribution in [1.29, 1.82) is 0 Å². The topological polar surface area (TPSA) is 100 Å². The highest BCUT2D eigenvalue weighted by atomic mass is 17.2. The van der Waals surface area contributed by atoms with Gasteiger partial charge >= 0.3 is 5.97 Å². The Morgan fingerprint density at radius 2 is 1.20 bits per heavy atom. The lowest BCUT2D eigenvalue weighted by Crippen LogP contribution is -2.09. The molecule has 0 amide bonds. The van der Waals surface area contributed by atoms with Crippen molar-refractivity contribution in [1.82, 2.24) is 0 Å². The number of methoxy groups -OCH3 is 1. The highest BCUT2D eigenvalue weighted by Gasteiger charge is 2.10. The van der Waals surface area contributed by atoms with E-state index in [0.717, 1.165) is 37.0 Å². The van der Waals surface area contributed by atoms with Crippen LogP contribution in [0.1, 0.15) is 48.5 Å². The largest absolute Gasteiger partial charge is 0.494 e. The summed E-state index contributed by atoms with van der Waals surface area (Å²) < 4.78 is 38.6. The van der Waals surface area contributed by atoms with Crippen LogP contribution in [0.4, 0.5) is 0 Å². The van der Waals surface area contributed by atoms with E-state index in [0.29, 0.717) is 74.0 Å². The first-order valence-electron chi connectivity index (χ1n) is 15.2. The lowest BCUT2D eigenvalue weighted by molar-refractivity contribution is -0.261. The number of benzene rings is 3. The van der Waals surface area contributed by atoms with Gasteiger partial charge in [0.2, 0.25) is 6.79 Å². The van der Waals surface area contributed by atoms with Crippen LogP contribution in [0.2, 0.25) is 0 Å². The molecule has 10 nitrogen and oxygen atoms in total. The van der Waals surface area contributed by atoms with Crippen molar-refractivity contribution in [3.63, 3.8) is 0 Å². The minimum Gasteiger partial charge on any atom is -0.494 e. The van der Waals surface area contributed by atoms with Gasteiger partial charge in [0.15, 0.2) is 0 Å². The number of esters is 1. The van der Waals surface area contributed by atoms with Crippen LogP contribution in [0, 0.1) is 0 Å². The fourth-order valence-electron chi connectivity index (χ4n) is 3.82. The number of carbonyl (C=O) groups is 1. The summed E-state index contributed by atoms with van der Waals surface area (Å²) in [6.45, 7) is 12.6. The van der Waals surface area contributed by atoms with Crippen LogP contribution in [0.3, 0.4) is 0 Å². The number of hydrogen-bond donors (Lipinski definition) is 0. The fraction of sp³-hybridized carbons (Fsp3) is 0.361. The fourth-order valence-corrected chi connectivity index (χ4v) is 3.82. The molecule has 0 spiro atoms. The molecule has 0 bridgehead atoms. The molecule has 0 N–H and O–H groups in total. The van der Waals surface area contributed by atoms with Crippen molar-refractivity contribution in [2.45, 2.75) is 32.6 Å². The second kappa shape index (κ2) is 21.3. The number of carbonyl (C=O) groups excluding carboxylic acids is 1. The van der Waals surface area contributed by atoms with Gasteiger partial charge in [-0.25, -0.2) is 4.79 Å². The van der Waals surface area contributed by atoms with E-state index in [9.17, 15) is 4.79 Å². The standard InChI is InChI=1S/C36H44O10/c1-28(2)46-44-24-7-5-6-22-41-32-13-15-33(16-14-32)42-27-43-34-17-19-35(20-18-34)45-36(37)31-11-9-30(10-12-31)29(3)40-23-8-21-39-26-25-38-4/h9-20H,1,3,5-8,21-27H2,2,4H3. The molecule has 0 saturated heterocycles. The first kappa shape index (κ1) is 36.0. The summed E-state index contributed by atoms with van der Waals surface area (Å²) in [6, 6.07) is 21.0. The third-order valence-electron chi connectivity index (χ3n) is 6.23. The van der Waals surface area contributed by atoms with E-state index >= 15 is 0 Å². The van der Waals surface area contributed by atoms with Crippen molar-refractivity contribution in [3.8, 4) is 23.0 Å². The van der Waals surface area contributed by atoms with Crippen LogP contribution in [0.25, 0.3) is 5.76 Å². The maximum Gasteiger partial charge on any atom is 0.343 e. The van der Waals surface area contributed by atoms with Crippen LogP contribution >= 0.6 is 0 Å². The molecular weight excluding hydrogens is 592 g/mol. The summed E-state index contributed by atoms with van der Waals surface area (Å²) in [5.41, 5.74) is 1.19. The summed E-state index contributed by atoms with van der Waals surface area (Å²) in [7, 11) is 1.64. The zero-order chi connectivity index (χ0) is 32.8. The van der Waals surface area contributed by atoms with Crippen molar-refractivity contribution >= 4 is 11.7 Å². The van der Waals surface area contributed by atoms with E-state index in [1.807, 2.05) is 24.3 Å². The SMILES string of the molecule is C=C(C)OOCCCCCOc1ccc(OCOc2ccc(OC(=O)c3ccc(C(=C)OCCCOCCOC)cc3)cc2)cc1. The maximum absolute atomic E-state index is 12.6. The third-order valence-corrected chi connectivity index (χ3v) is 6.23. The number of hydrogen-bond acceptors (Lipinski definition) is 10. The highest BCUT2D eigenvalue weighted by Crippen LogP contribution is 2.22. The molecule has 0 unspecified atom stereocenters. The molecular formula is C36H44O10. The van der Waals surface area contributed by atoms with Crippen LogP contribution in [0.5, 0.6) is 23.0 Å². The van der Waals surface area contributed by atoms with Crippen molar-refractivity contribution in [3.05, 3.63) is 103 Å². The van der Waals surface area contributed by atoms with Crippen molar-refractivity contribution < 1.29 is 47.7 Å². The normalized spacial score (nSPS) is 10.6. The molecule has 0 atom stereocenters. The molecule has 0 aliphatic rings. The molecule has 0 aromatic heterocycles. The van der Waals surface area contributed by atoms with E-state index in [1.54, 1.807) is 62.6 Å². The van der Waals surface area contributed by atoms with Gasteiger partial charge in [-0.05, 0) is 86.8 Å². The summed E-state index contributed by atoms with van der Waals surface area (Å²) in [5, 5.41) is 0. The minimum atomic E-state index is -0.477. The molecule has 0 aliphatic heterocycles. The number of rotatable bonds is 24. The van der Waals surface area contributed by atoms with Crippen molar-refractivity contribution in [2.75, 3.05) is 53.5 Å². The average Bonchev–Trinajstić information content (AvgIpc) is 3.07. The monoisotopic (exact) mass is 636 g/mol. The van der Waals surface area contributed by atoms with E-state index in [-0.39, 0.29) is 6.79 Å². The Labute approximate surface area is 271 Å². The molecule has 248 valence electrons. The lowest BCUT2D eigenvalue weighted by Gasteiger charge is -2.11. The Balaban J connectivity index is 1.30. The van der Waals surface area contributed by atoms with Crippen LogP contribution in [-0.4, -0.2) is 59.5 Å². The Bertz CT molecular complexity index is 1300. The lowest BCUT2D eigenvalue weighted by atomic mass is 10.1. The first-order valence-corrected chi connectivity index (χ1v) is 15.2. The van der Waals surface area contributed by atoms with Gasteiger partial charge in [0.25, 0.3) is 0 Å². The molecule has 0 radical (unpaired) electrons. The molecule has 0 fully saturated rings. The summed E-state index contributed by atoms with van der Waals surface area (Å²) in [5.74, 6) is 2.97. The average molecular weight is 637 g/mol. The van der Waals surface area contributed by atoms with Crippen molar-refractivity contribution in [2.24, 2.45) is 0 Å². The summed E-state index contributed by atoms with van der Waals surface area (Å²) in [4.78, 5) is 22.5. The predicted molar refractivity (Wildman–Crippen MR) is 174 cm³/mol. The minimum absolute atomic E-state index is 0.0139. The molecule has 0 aliphatic carbocycles. The molecule has 3 aromatic rings. The van der Waals surface area contributed by atoms with Crippen LogP contribution in [-0.2, 0) is 24.0 Å². The molecule has 3 aromatic carbocycles. The number of allylic oxidation sites excluding steroid dienone is 1. The van der Waals surface area contributed by atoms with E-state index in [4.69, 9.17) is 42.9 Å². The van der Waals surface area contributed by atoms with E-state index in [2.05, 4.69) is 13.2 Å². The first-order chi connectivity index (χ1) is 22.4. The highest BCUT2D eigenvalue weighted by molar-refractivity contribution is 5.91. The summed E-state index contributed by atoms with van der Waals surface area (Å²) >= 11 is 0. The van der Waals surface area contributed by atoms with E-state index < -0.39 is 5.97 Å². The second-order valence-electron chi connectivity index (χ2n) is 10.1. The van der Waals surface area contributed by atoms with Gasteiger partial charge in [-0.15, -0.1) is 0 Å². The Morgan fingerprint density at radius 3 is 1.83 bits per heavy atom. The van der Waals surface area contributed by atoms with Crippen LogP contribution in [0.15, 0.2) is 91.7 Å². The van der Waals surface area contributed by atoms with Gasteiger partial charge in [-0.3, -0.25) is 0 Å². The van der Waals surface area contributed by atoms with Gasteiger partial charge in [0, 0.05) is 25.7 Å².